The molecule has 28 heavy (non-hydrogen) atoms. The summed E-state index contributed by atoms with van der Waals surface area (Å²) < 4.78 is 6.93. The van der Waals surface area contributed by atoms with Gasteiger partial charge in [0.25, 0.3) is 0 Å². The summed E-state index contributed by atoms with van der Waals surface area (Å²) in [5.41, 5.74) is 2.84. The van der Waals surface area contributed by atoms with Crippen molar-refractivity contribution in [3.63, 3.8) is 0 Å². The Hall–Kier alpha value is -1.57. The van der Waals surface area contributed by atoms with Crippen molar-refractivity contribution in [1.82, 2.24) is 4.68 Å². The molecule has 0 atom stereocenters. The summed E-state index contributed by atoms with van der Waals surface area (Å²) in [4.78, 5) is 6.60. The third-order valence-corrected chi connectivity index (χ3v) is 6.22. The van der Waals surface area contributed by atoms with E-state index in [2.05, 4.69) is 28.5 Å². The summed E-state index contributed by atoms with van der Waals surface area (Å²) in [6.07, 6.45) is 3.88. The molecule has 0 N–H and O–H groups in total. The number of hydrogen-bond acceptors (Lipinski definition) is 5. The SMILES string of the molecule is COCCN=c1scc(-c2ccc(Cl)c(Cl)c2)n1N=Cc1ccc(SC)cc1. The van der Waals surface area contributed by atoms with Crippen LogP contribution in [0.25, 0.3) is 11.3 Å². The second-order valence-electron chi connectivity index (χ2n) is 5.74. The van der Waals surface area contributed by atoms with E-state index < -0.39 is 0 Å². The van der Waals surface area contributed by atoms with Crippen LogP contribution in [0.4, 0.5) is 0 Å². The lowest BCUT2D eigenvalue weighted by Gasteiger charge is -2.05. The number of nitrogens with zero attached hydrogens (tertiary/aromatic N) is 3. The highest BCUT2D eigenvalue weighted by atomic mass is 35.5. The molecule has 1 heterocycles. The minimum absolute atomic E-state index is 0.506. The second-order valence-corrected chi connectivity index (χ2v) is 8.27. The molecule has 0 saturated heterocycles. The second kappa shape index (κ2) is 10.3. The van der Waals surface area contributed by atoms with E-state index in [9.17, 15) is 0 Å². The molecule has 0 radical (unpaired) electrons. The van der Waals surface area contributed by atoms with Gasteiger partial charge >= 0.3 is 0 Å². The summed E-state index contributed by atoms with van der Waals surface area (Å²) in [7, 11) is 1.66. The third-order valence-electron chi connectivity index (χ3n) is 3.88. The number of methoxy groups -OCH3 is 1. The molecule has 0 fully saturated rings. The molecule has 146 valence electrons. The van der Waals surface area contributed by atoms with Crippen LogP contribution in [0.2, 0.25) is 10.0 Å². The highest BCUT2D eigenvalue weighted by molar-refractivity contribution is 7.98. The lowest BCUT2D eigenvalue weighted by molar-refractivity contribution is 0.207. The molecule has 0 saturated carbocycles. The van der Waals surface area contributed by atoms with E-state index in [0.717, 1.165) is 21.6 Å². The van der Waals surface area contributed by atoms with Crippen molar-refractivity contribution in [1.29, 1.82) is 0 Å². The van der Waals surface area contributed by atoms with Crippen LogP contribution in [0.15, 0.2) is 62.8 Å². The molecular formula is C20H19Cl2N3OS2. The standard InChI is InChI=1S/C20H19Cl2N3OS2/c1-26-10-9-23-20-25(24-12-14-3-6-16(27-2)7-4-14)19(13-28-20)15-5-8-17(21)18(22)11-15/h3-8,11-13H,9-10H2,1-2H3. The Bertz CT molecular complexity index is 1030. The average molecular weight is 452 g/mol. The van der Waals surface area contributed by atoms with E-state index >= 15 is 0 Å². The number of thioether (sulfide) groups is 1. The van der Waals surface area contributed by atoms with Gasteiger partial charge in [-0.15, -0.1) is 23.1 Å². The molecule has 0 amide bonds. The van der Waals surface area contributed by atoms with Crippen LogP contribution in [0.3, 0.4) is 0 Å². The van der Waals surface area contributed by atoms with Crippen LogP contribution in [0, 0.1) is 0 Å². The molecule has 3 rings (SSSR count). The molecule has 0 bridgehead atoms. The van der Waals surface area contributed by atoms with Gasteiger partial charge in [0.05, 0.1) is 35.1 Å². The fourth-order valence-corrected chi connectivity index (χ4v) is 3.99. The molecule has 0 aliphatic carbocycles. The first-order valence-electron chi connectivity index (χ1n) is 8.46. The maximum Gasteiger partial charge on any atom is 0.206 e. The zero-order valence-electron chi connectivity index (χ0n) is 15.4. The highest BCUT2D eigenvalue weighted by Gasteiger charge is 2.09. The minimum atomic E-state index is 0.506. The molecule has 0 unspecified atom stereocenters. The molecule has 3 aromatic rings. The highest BCUT2D eigenvalue weighted by Crippen LogP contribution is 2.28. The Labute approximate surface area is 182 Å². The Balaban J connectivity index is 2.01. The quantitative estimate of drug-likeness (QED) is 0.263. The maximum atomic E-state index is 6.21. The van der Waals surface area contributed by atoms with Crippen LogP contribution in [0.5, 0.6) is 0 Å². The number of thiazole rings is 1. The van der Waals surface area contributed by atoms with Crippen molar-refractivity contribution < 1.29 is 4.74 Å². The largest absolute Gasteiger partial charge is 0.383 e. The predicted molar refractivity (Wildman–Crippen MR) is 121 cm³/mol. The number of hydrogen-bond donors (Lipinski definition) is 0. The third kappa shape index (κ3) is 5.27. The van der Waals surface area contributed by atoms with Crippen molar-refractivity contribution in [2.24, 2.45) is 10.1 Å². The van der Waals surface area contributed by atoms with Crippen LogP contribution in [-0.4, -0.2) is 37.4 Å². The lowest BCUT2D eigenvalue weighted by atomic mass is 10.2. The van der Waals surface area contributed by atoms with Crippen molar-refractivity contribution in [3.8, 4) is 11.3 Å². The fraction of sp³-hybridized carbons (Fsp3) is 0.200. The molecule has 8 heteroatoms. The summed E-state index contributed by atoms with van der Waals surface area (Å²) in [6.45, 7) is 1.12. The first-order valence-corrected chi connectivity index (χ1v) is 11.3. The van der Waals surface area contributed by atoms with Crippen LogP contribution < -0.4 is 4.80 Å². The lowest BCUT2D eigenvalue weighted by Crippen LogP contribution is -2.13. The molecule has 0 spiro atoms. The van der Waals surface area contributed by atoms with Crippen molar-refractivity contribution in [3.05, 3.63) is 68.3 Å². The van der Waals surface area contributed by atoms with Gasteiger partial charge in [0.15, 0.2) is 0 Å². The van der Waals surface area contributed by atoms with Crippen molar-refractivity contribution in [2.75, 3.05) is 26.5 Å². The van der Waals surface area contributed by atoms with Crippen LogP contribution in [-0.2, 0) is 4.74 Å². The zero-order valence-corrected chi connectivity index (χ0v) is 18.6. The van der Waals surface area contributed by atoms with Gasteiger partial charge < -0.3 is 4.74 Å². The first-order chi connectivity index (χ1) is 13.6. The van der Waals surface area contributed by atoms with Gasteiger partial charge in [-0.2, -0.15) is 5.10 Å². The van der Waals surface area contributed by atoms with Crippen molar-refractivity contribution in [2.45, 2.75) is 4.90 Å². The first kappa shape index (κ1) is 21.1. The van der Waals surface area contributed by atoms with E-state index in [1.54, 1.807) is 24.9 Å². The van der Waals surface area contributed by atoms with Gasteiger partial charge in [-0.3, -0.25) is 4.99 Å². The Morgan fingerprint density at radius 2 is 1.93 bits per heavy atom. The zero-order chi connectivity index (χ0) is 19.9. The number of aromatic nitrogens is 1. The monoisotopic (exact) mass is 451 g/mol. The average Bonchev–Trinajstić information content (AvgIpc) is 3.12. The molecule has 2 aromatic carbocycles. The molecule has 0 aliphatic rings. The van der Waals surface area contributed by atoms with Gasteiger partial charge in [-0.25, -0.2) is 4.68 Å². The van der Waals surface area contributed by atoms with E-state index in [-0.39, 0.29) is 0 Å². The van der Waals surface area contributed by atoms with Gasteiger partial charge in [-0.1, -0.05) is 41.4 Å². The Kier molecular flexibility index (Phi) is 7.76. The van der Waals surface area contributed by atoms with E-state index in [1.807, 2.05) is 40.5 Å². The van der Waals surface area contributed by atoms with E-state index in [1.165, 1.54) is 16.2 Å². The normalized spacial score (nSPS) is 12.2. The Morgan fingerprint density at radius 3 is 2.61 bits per heavy atom. The molecule has 0 aliphatic heterocycles. The van der Waals surface area contributed by atoms with Gasteiger partial charge in [-0.05, 0) is 36.1 Å². The summed E-state index contributed by atoms with van der Waals surface area (Å²) in [5, 5.41) is 7.73. The predicted octanol–water partition coefficient (Wildman–Crippen LogP) is 5.67. The molecular weight excluding hydrogens is 433 g/mol. The molecule has 1 aromatic heterocycles. The van der Waals surface area contributed by atoms with Crippen LogP contribution >= 0.6 is 46.3 Å². The number of benzene rings is 2. The summed E-state index contributed by atoms with van der Waals surface area (Å²) in [5.74, 6) is 0. The van der Waals surface area contributed by atoms with Crippen LogP contribution in [0.1, 0.15) is 5.56 Å². The maximum absolute atomic E-state index is 6.21. The topological polar surface area (TPSA) is 38.9 Å². The smallest absolute Gasteiger partial charge is 0.206 e. The molecule has 4 nitrogen and oxygen atoms in total. The fourth-order valence-electron chi connectivity index (χ4n) is 2.42. The summed E-state index contributed by atoms with van der Waals surface area (Å²) >= 11 is 15.5. The van der Waals surface area contributed by atoms with Gasteiger partial charge in [0.1, 0.15) is 0 Å². The van der Waals surface area contributed by atoms with Gasteiger partial charge in [0.2, 0.25) is 4.80 Å². The minimum Gasteiger partial charge on any atom is -0.383 e. The van der Waals surface area contributed by atoms with Gasteiger partial charge in [0, 0.05) is 22.9 Å². The van der Waals surface area contributed by atoms with E-state index in [4.69, 9.17) is 27.9 Å². The Morgan fingerprint density at radius 1 is 1.14 bits per heavy atom. The number of rotatable bonds is 7. The van der Waals surface area contributed by atoms with Crippen molar-refractivity contribution >= 4 is 52.5 Å². The van der Waals surface area contributed by atoms with E-state index in [0.29, 0.717) is 23.2 Å². The summed E-state index contributed by atoms with van der Waals surface area (Å²) in [6, 6.07) is 13.8. The number of halogens is 2. The number of ether oxygens (including phenoxy) is 1.